The van der Waals surface area contributed by atoms with Crippen molar-refractivity contribution in [3.8, 4) is 0 Å². The third-order valence-corrected chi connectivity index (χ3v) is 6.30. The average Bonchev–Trinajstić information content (AvgIpc) is 3.35. The fourth-order valence-corrected chi connectivity index (χ4v) is 4.61. The first-order valence-electron chi connectivity index (χ1n) is 10.3. The van der Waals surface area contributed by atoms with Crippen LogP contribution in [-0.4, -0.2) is 27.8 Å². The predicted octanol–water partition coefficient (Wildman–Crippen LogP) is 4.21. The fourth-order valence-electron chi connectivity index (χ4n) is 4.38. The molecule has 0 spiro atoms. The molecule has 3 atom stereocenters. The Morgan fingerprint density at radius 1 is 0.800 bits per heavy atom. The molecule has 0 aromatic heterocycles. The second-order valence-corrected chi connectivity index (χ2v) is 8.31. The Morgan fingerprint density at radius 3 is 2.06 bits per heavy atom. The number of nitrogens with zero attached hydrogens (tertiary/aromatic N) is 4. The molecule has 3 aromatic carbocycles. The lowest BCUT2D eigenvalue weighted by atomic mass is 9.90. The normalized spacial score (nSPS) is 21.3. The van der Waals surface area contributed by atoms with E-state index in [4.69, 9.17) is 16.4 Å². The van der Waals surface area contributed by atoms with Crippen LogP contribution < -0.4 is 9.96 Å². The number of rotatable bonds is 5. The van der Waals surface area contributed by atoms with Crippen molar-refractivity contribution in [1.29, 1.82) is 0 Å². The minimum absolute atomic E-state index is 0.152. The van der Waals surface area contributed by atoms with Gasteiger partial charge in [-0.1, -0.05) is 29.8 Å². The summed E-state index contributed by atoms with van der Waals surface area (Å²) in [5.74, 6) is -2.34. The molecule has 0 aliphatic carbocycles. The van der Waals surface area contributed by atoms with Gasteiger partial charge in [0.05, 0.1) is 27.3 Å². The molecule has 0 radical (unpaired) electrons. The number of nitro groups is 2. The van der Waals surface area contributed by atoms with Crippen LogP contribution in [0.3, 0.4) is 0 Å². The van der Waals surface area contributed by atoms with E-state index < -0.39 is 39.7 Å². The standard InChI is InChI=1S/C23H15ClN4O7/c24-18-11-10-16(28(33)34)12-17(18)20-19-21(35-26(20)14-4-2-1-3-5-14)23(30)25(22(19)29)13-6-8-15(9-7-13)27(31)32/h1-12,19-21H/t19-,20-,21+/m0/s1. The van der Waals surface area contributed by atoms with E-state index in [-0.39, 0.29) is 27.6 Å². The van der Waals surface area contributed by atoms with Crippen molar-refractivity contribution in [2.45, 2.75) is 12.1 Å². The minimum Gasteiger partial charge on any atom is -0.273 e. The van der Waals surface area contributed by atoms with Crippen LogP contribution in [0.15, 0.2) is 72.8 Å². The van der Waals surface area contributed by atoms with E-state index in [9.17, 15) is 29.8 Å². The van der Waals surface area contributed by atoms with Gasteiger partial charge in [-0.05, 0) is 30.3 Å². The molecule has 5 rings (SSSR count). The van der Waals surface area contributed by atoms with Crippen molar-refractivity contribution < 1.29 is 24.3 Å². The zero-order chi connectivity index (χ0) is 24.9. The molecule has 12 heteroatoms. The Hall–Kier alpha value is -4.35. The van der Waals surface area contributed by atoms with Crippen molar-refractivity contribution in [1.82, 2.24) is 0 Å². The number of non-ortho nitro benzene ring substituents is 2. The summed E-state index contributed by atoms with van der Waals surface area (Å²) in [5, 5.41) is 23.9. The van der Waals surface area contributed by atoms with Crippen LogP contribution >= 0.6 is 11.6 Å². The van der Waals surface area contributed by atoms with E-state index in [1.165, 1.54) is 47.5 Å². The highest BCUT2D eigenvalue weighted by atomic mass is 35.5. The highest BCUT2D eigenvalue weighted by Crippen LogP contribution is 2.49. The Morgan fingerprint density at radius 2 is 1.43 bits per heavy atom. The molecule has 2 fully saturated rings. The summed E-state index contributed by atoms with van der Waals surface area (Å²) in [4.78, 5) is 55.0. The van der Waals surface area contributed by atoms with Crippen molar-refractivity contribution in [2.24, 2.45) is 5.92 Å². The molecule has 35 heavy (non-hydrogen) atoms. The molecule has 0 N–H and O–H groups in total. The molecule has 3 aromatic rings. The van der Waals surface area contributed by atoms with Crippen LogP contribution in [0.5, 0.6) is 0 Å². The van der Waals surface area contributed by atoms with Crippen LogP contribution in [0.25, 0.3) is 0 Å². The second-order valence-electron chi connectivity index (χ2n) is 7.91. The lowest BCUT2D eigenvalue weighted by Crippen LogP contribution is -2.37. The maximum absolute atomic E-state index is 13.6. The van der Waals surface area contributed by atoms with Crippen LogP contribution in [0.1, 0.15) is 11.6 Å². The maximum Gasteiger partial charge on any atom is 0.269 e. The van der Waals surface area contributed by atoms with Gasteiger partial charge in [0.25, 0.3) is 17.3 Å². The number of halogens is 1. The molecule has 2 amide bonds. The van der Waals surface area contributed by atoms with Crippen molar-refractivity contribution in [3.63, 3.8) is 0 Å². The first-order valence-corrected chi connectivity index (χ1v) is 10.7. The van der Waals surface area contributed by atoms with E-state index in [0.29, 0.717) is 5.69 Å². The van der Waals surface area contributed by atoms with Gasteiger partial charge < -0.3 is 0 Å². The first-order chi connectivity index (χ1) is 16.8. The van der Waals surface area contributed by atoms with Gasteiger partial charge in [-0.15, -0.1) is 0 Å². The average molecular weight is 495 g/mol. The summed E-state index contributed by atoms with van der Waals surface area (Å²) in [6.45, 7) is 0. The van der Waals surface area contributed by atoms with E-state index in [1.54, 1.807) is 30.3 Å². The third kappa shape index (κ3) is 3.66. The summed E-state index contributed by atoms with van der Waals surface area (Å²) in [6.07, 6.45) is -1.22. The van der Waals surface area contributed by atoms with E-state index in [1.807, 2.05) is 0 Å². The number of carbonyl (C=O) groups is 2. The summed E-state index contributed by atoms with van der Waals surface area (Å²) in [7, 11) is 0. The number of nitro benzene ring substituents is 2. The highest BCUT2D eigenvalue weighted by Gasteiger charge is 2.60. The number of benzene rings is 3. The molecular weight excluding hydrogens is 480 g/mol. The van der Waals surface area contributed by atoms with Crippen molar-refractivity contribution in [2.75, 3.05) is 9.96 Å². The summed E-state index contributed by atoms with van der Waals surface area (Å²) >= 11 is 6.43. The summed E-state index contributed by atoms with van der Waals surface area (Å²) < 4.78 is 0. The monoisotopic (exact) mass is 494 g/mol. The van der Waals surface area contributed by atoms with Gasteiger partial charge in [0.2, 0.25) is 5.91 Å². The van der Waals surface area contributed by atoms with Gasteiger partial charge >= 0.3 is 0 Å². The third-order valence-electron chi connectivity index (χ3n) is 5.95. The lowest BCUT2D eigenvalue weighted by Gasteiger charge is -2.29. The molecule has 11 nitrogen and oxygen atoms in total. The zero-order valence-electron chi connectivity index (χ0n) is 17.7. The van der Waals surface area contributed by atoms with E-state index >= 15 is 0 Å². The first kappa shape index (κ1) is 22.4. The molecule has 0 unspecified atom stereocenters. The quantitative estimate of drug-likeness (QED) is 0.292. The number of hydrogen-bond acceptors (Lipinski definition) is 8. The topological polar surface area (TPSA) is 136 Å². The van der Waals surface area contributed by atoms with Crippen molar-refractivity contribution >= 4 is 46.2 Å². The SMILES string of the molecule is O=C1[C@@H]2[C@@H](ON(c3ccccc3)[C@H]2c2cc([N+](=O)[O-])ccc2Cl)C(=O)N1c1ccc([N+](=O)[O-])cc1. The Bertz CT molecular complexity index is 1370. The van der Waals surface area contributed by atoms with E-state index in [2.05, 4.69) is 0 Å². The lowest BCUT2D eigenvalue weighted by molar-refractivity contribution is -0.385. The largest absolute Gasteiger partial charge is 0.273 e. The molecule has 0 saturated carbocycles. The van der Waals surface area contributed by atoms with Gasteiger partial charge in [-0.3, -0.25) is 34.7 Å². The Kier molecular flexibility index (Phi) is 5.42. The summed E-state index contributed by atoms with van der Waals surface area (Å²) in [6, 6.07) is 16.6. The van der Waals surface area contributed by atoms with Crippen LogP contribution in [0, 0.1) is 26.1 Å². The Labute approximate surface area is 202 Å². The van der Waals surface area contributed by atoms with Crippen LogP contribution in [0.4, 0.5) is 22.7 Å². The molecule has 2 saturated heterocycles. The predicted molar refractivity (Wildman–Crippen MR) is 124 cm³/mol. The van der Waals surface area contributed by atoms with Gasteiger partial charge in [0, 0.05) is 34.9 Å². The number of hydrogen-bond donors (Lipinski definition) is 0. The number of fused-ring (bicyclic) bond motifs is 1. The van der Waals surface area contributed by atoms with Gasteiger partial charge in [0.1, 0.15) is 5.92 Å². The molecule has 2 aliphatic heterocycles. The van der Waals surface area contributed by atoms with Crippen LogP contribution in [-0.2, 0) is 14.4 Å². The molecular formula is C23H15ClN4O7. The fraction of sp³-hybridized carbons (Fsp3) is 0.130. The number of hydroxylamine groups is 1. The smallest absolute Gasteiger partial charge is 0.269 e. The second kappa shape index (κ2) is 8.46. The van der Waals surface area contributed by atoms with Crippen molar-refractivity contribution in [3.05, 3.63) is 104 Å². The van der Waals surface area contributed by atoms with Gasteiger partial charge in [-0.2, -0.15) is 0 Å². The minimum atomic E-state index is -1.22. The molecule has 2 heterocycles. The number of para-hydroxylation sites is 1. The molecule has 0 bridgehead atoms. The van der Waals surface area contributed by atoms with Gasteiger partial charge in [-0.25, -0.2) is 9.96 Å². The van der Waals surface area contributed by atoms with E-state index in [0.717, 1.165) is 4.90 Å². The maximum atomic E-state index is 13.6. The Balaban J connectivity index is 1.60. The number of imide groups is 1. The molecule has 2 aliphatic rings. The number of anilines is 2. The molecule has 176 valence electrons. The van der Waals surface area contributed by atoms with Crippen LogP contribution in [0.2, 0.25) is 5.02 Å². The highest BCUT2D eigenvalue weighted by molar-refractivity contribution is 6.31. The number of carbonyl (C=O) groups excluding carboxylic acids is 2. The summed E-state index contributed by atoms with van der Waals surface area (Å²) in [5.41, 5.74) is 0.505. The number of amides is 2. The van der Waals surface area contributed by atoms with Gasteiger partial charge in [0.15, 0.2) is 6.10 Å². The zero-order valence-corrected chi connectivity index (χ0v) is 18.4.